The zero-order valence-electron chi connectivity index (χ0n) is 90.6. The fraction of sp³-hybridized carbons (Fsp3) is 0.208. The summed E-state index contributed by atoms with van der Waals surface area (Å²) < 4.78 is 0. The van der Waals surface area contributed by atoms with E-state index in [1.54, 1.807) is 0 Å². The van der Waals surface area contributed by atoms with Crippen LogP contribution >= 0.6 is 0 Å². The van der Waals surface area contributed by atoms with Crippen LogP contribution in [0, 0.1) is 0 Å². The van der Waals surface area contributed by atoms with Gasteiger partial charge in [0.05, 0.1) is 16.5 Å². The van der Waals surface area contributed by atoms with Gasteiger partial charge in [0.25, 0.3) is 13.4 Å². The van der Waals surface area contributed by atoms with Gasteiger partial charge in [0.1, 0.15) is 0 Å². The molecule has 0 atom stereocenters. The van der Waals surface area contributed by atoms with Crippen LogP contribution in [0.5, 0.6) is 0 Å². The van der Waals surface area contributed by atoms with Gasteiger partial charge in [-0.3, -0.25) is 0 Å². The highest BCUT2D eigenvalue weighted by Crippen LogP contribution is 2.67. The number of benzene rings is 19. The Balaban J connectivity index is 0.863. The average molecular weight is 1940 g/mol. The first-order chi connectivity index (χ1) is 71.8. The molecule has 0 aromatic heterocycles. The molecule has 26 rings (SSSR count). The number of fused-ring (bicyclic) bond motifs is 21. The van der Waals surface area contributed by atoms with Gasteiger partial charge in [0, 0.05) is 73.7 Å². The molecule has 4 heterocycles. The van der Waals surface area contributed by atoms with Crippen molar-refractivity contribution in [2.45, 2.75) is 194 Å². The van der Waals surface area contributed by atoms with Crippen molar-refractivity contribution in [3.05, 3.63) is 490 Å². The number of hydrogen-bond donors (Lipinski definition) is 0. The summed E-state index contributed by atoms with van der Waals surface area (Å²) in [5.41, 5.74) is 53.8. The van der Waals surface area contributed by atoms with Crippen molar-refractivity contribution in [3.8, 4) is 77.9 Å². The minimum Gasteiger partial charge on any atom is -0.311 e. The van der Waals surface area contributed by atoms with Crippen LogP contribution < -0.4 is 52.4 Å². The molecule has 19 aromatic rings. The van der Waals surface area contributed by atoms with Gasteiger partial charge in [-0.25, -0.2) is 0 Å². The molecule has 0 saturated heterocycles. The average Bonchev–Trinajstić information content (AvgIpc) is 1.56. The lowest BCUT2D eigenvalue weighted by atomic mass is 9.30. The number of hydrogen-bond acceptors (Lipinski definition) is 4. The third kappa shape index (κ3) is 14.3. The second-order valence-electron chi connectivity index (χ2n) is 50.7. The highest BCUT2D eigenvalue weighted by Gasteiger charge is 2.56. The second kappa shape index (κ2) is 33.5. The smallest absolute Gasteiger partial charge is 0.252 e. The zero-order valence-corrected chi connectivity index (χ0v) is 90.6. The minimum atomic E-state index is -0.775. The largest absolute Gasteiger partial charge is 0.311 e. The molecule has 0 radical (unpaired) electrons. The molecule has 0 amide bonds. The molecule has 150 heavy (non-hydrogen) atoms. The highest BCUT2D eigenvalue weighted by atomic mass is 15.2. The van der Waals surface area contributed by atoms with Crippen molar-refractivity contribution in [2.75, 3.05) is 19.6 Å². The molecule has 1 spiro atoms. The molecule has 4 nitrogen and oxygen atoms in total. The summed E-state index contributed by atoms with van der Waals surface area (Å²) in [5, 5.41) is 0. The van der Waals surface area contributed by atoms with E-state index in [1.807, 2.05) is 0 Å². The summed E-state index contributed by atoms with van der Waals surface area (Å²) in [6, 6.07) is 161. The van der Waals surface area contributed by atoms with Gasteiger partial charge in [-0.05, 0) is 312 Å². The van der Waals surface area contributed by atoms with E-state index in [1.165, 1.54) is 161 Å². The summed E-state index contributed by atoms with van der Waals surface area (Å²) in [6.45, 7) is 49.8. The molecule has 0 saturated carbocycles. The Hall–Kier alpha value is -15.5. The molecular weight excluding hydrogens is 1810 g/mol. The Kier molecular flexibility index (Phi) is 21.0. The maximum atomic E-state index is 2.86. The van der Waals surface area contributed by atoms with E-state index < -0.39 is 10.8 Å². The van der Waals surface area contributed by atoms with E-state index in [0.717, 1.165) is 102 Å². The Morgan fingerprint density at radius 3 is 0.780 bits per heavy atom. The van der Waals surface area contributed by atoms with Crippen molar-refractivity contribution in [1.29, 1.82) is 0 Å². The van der Waals surface area contributed by atoms with Gasteiger partial charge in [-0.15, -0.1) is 0 Å². The lowest BCUT2D eigenvalue weighted by Gasteiger charge is -2.48. The van der Waals surface area contributed by atoms with Gasteiger partial charge in [0.15, 0.2) is 0 Å². The zero-order chi connectivity index (χ0) is 103. The summed E-state index contributed by atoms with van der Waals surface area (Å²) in [6.07, 6.45) is 0. The predicted molar refractivity (Wildman–Crippen MR) is 641 cm³/mol. The van der Waals surface area contributed by atoms with Crippen molar-refractivity contribution in [1.82, 2.24) is 0 Å². The van der Waals surface area contributed by atoms with E-state index in [4.69, 9.17) is 0 Å². The fourth-order valence-corrected chi connectivity index (χ4v) is 26.7. The summed E-state index contributed by atoms with van der Waals surface area (Å²) in [5.74, 6) is 0. The van der Waals surface area contributed by atoms with E-state index in [2.05, 4.69) is 571 Å². The molecular formula is C144H130B2N4. The summed E-state index contributed by atoms with van der Waals surface area (Å²) in [7, 11) is 0. The highest BCUT2D eigenvalue weighted by molar-refractivity contribution is 7.03. The van der Waals surface area contributed by atoms with Crippen LogP contribution in [0.4, 0.5) is 68.2 Å². The van der Waals surface area contributed by atoms with Crippen LogP contribution in [-0.2, 0) is 48.7 Å². The van der Waals surface area contributed by atoms with E-state index >= 15 is 0 Å². The Bertz CT molecular complexity index is 8550. The quantitative estimate of drug-likeness (QED) is 0.127. The molecule has 732 valence electrons. The van der Waals surface area contributed by atoms with E-state index in [9.17, 15) is 0 Å². The fourth-order valence-electron chi connectivity index (χ4n) is 26.7. The van der Waals surface area contributed by atoms with Crippen LogP contribution in [-0.4, -0.2) is 13.4 Å². The molecule has 0 N–H and O–H groups in total. The first-order valence-electron chi connectivity index (χ1n) is 54.3. The second-order valence-corrected chi connectivity index (χ2v) is 50.7. The molecule has 3 aliphatic carbocycles. The molecule has 0 fully saturated rings. The molecule has 7 aliphatic rings. The SMILES string of the molecule is CC(C)(C)c1cc(N2c3ccccc3B3c4cc5c(cc4N(c4cc(C(C)(C)C)cc(C(C)(C)C)c4)c4cc(-c6cccc7c6C6(c8ccccc8-c8ccccc86)c6ccccc6-7)cc2c43)N(c2c(-c3ccccc3)cc(C(C)(C)C)cc2-c2ccccc2)c2cc(-c3cccc4c3C(c3ccccc3)(c3ccccc3)c3ccccc3-4)cc3c2B5c2ccccc2N3c2cc(C(C)(C)C)cc(C(C)(C)C)c2)cc(C(C)(C)C)c1. The van der Waals surface area contributed by atoms with Crippen LogP contribution in [0.3, 0.4) is 0 Å². The third-order valence-electron chi connectivity index (χ3n) is 34.3. The molecule has 6 heteroatoms. The molecule has 0 bridgehead atoms. The van der Waals surface area contributed by atoms with Crippen molar-refractivity contribution in [2.24, 2.45) is 0 Å². The number of anilines is 12. The molecule has 19 aromatic carbocycles. The molecule has 0 unspecified atom stereocenters. The van der Waals surface area contributed by atoms with Gasteiger partial charge >= 0.3 is 0 Å². The van der Waals surface area contributed by atoms with Crippen LogP contribution in [0.15, 0.2) is 406 Å². The Morgan fingerprint density at radius 1 is 0.173 bits per heavy atom. The number of nitrogens with zero attached hydrogens (tertiary/aromatic N) is 4. The third-order valence-corrected chi connectivity index (χ3v) is 34.3. The monoisotopic (exact) mass is 1940 g/mol. The van der Waals surface area contributed by atoms with E-state index in [0.29, 0.717) is 0 Å². The van der Waals surface area contributed by atoms with Crippen LogP contribution in [0.1, 0.15) is 229 Å². The van der Waals surface area contributed by atoms with Crippen molar-refractivity contribution in [3.63, 3.8) is 0 Å². The first-order valence-corrected chi connectivity index (χ1v) is 54.3. The van der Waals surface area contributed by atoms with Gasteiger partial charge < -0.3 is 19.6 Å². The Labute approximate surface area is 889 Å². The van der Waals surface area contributed by atoms with Crippen LogP contribution in [0.2, 0.25) is 0 Å². The number of rotatable bonds is 10. The van der Waals surface area contributed by atoms with Crippen LogP contribution in [0.25, 0.3) is 77.9 Å². The topological polar surface area (TPSA) is 13.0 Å². The van der Waals surface area contributed by atoms with Gasteiger partial charge in [-0.2, -0.15) is 0 Å². The summed E-state index contributed by atoms with van der Waals surface area (Å²) in [4.78, 5) is 11.1. The van der Waals surface area contributed by atoms with E-state index in [-0.39, 0.29) is 51.3 Å². The van der Waals surface area contributed by atoms with Crippen molar-refractivity contribution < 1.29 is 0 Å². The van der Waals surface area contributed by atoms with Gasteiger partial charge in [-0.1, -0.05) is 461 Å². The minimum absolute atomic E-state index is 0.216. The lowest BCUT2D eigenvalue weighted by molar-refractivity contribution is 0.568. The first kappa shape index (κ1) is 94.2. The number of para-hydroxylation sites is 2. The standard InChI is InChI=1S/C144H130B2N4/c1-136(2,3)95-76-96(137(4,5)6)80-102(79-95)147-123-70-44-42-68-119(123)145-121-87-122-126(88-125(121)149(104-83-99(140(13,14)15)78-100(84-104)141(16,17)18)129-74-91(72-127(147)133(129)145)106-61-47-63-112-110-59-37-41-67-118(110)144(132(106)112)116-65-39-34-56-107(116)108-57-35-40-66-117(108)144)150(135-113(89-48-26-22-27-49-89)85-101(142(19,20)21)86-114(135)90-50-28-23-29-51-90)130-75-92(73-128-134(130)146(122)120-69-43-45-71-124(120)148(128)103-81-97(138(7,8)9)77-98(82-103)139(10,11)12)105-60-46-62-111-109-58-36-38-64-115(109)143(131(105)111,93-52-30-24-31-53-93)94-54-32-25-33-55-94/h22-88H,1-21H3. The lowest BCUT2D eigenvalue weighted by Crippen LogP contribution is -2.65. The maximum Gasteiger partial charge on any atom is 0.252 e. The predicted octanol–water partition coefficient (Wildman–Crippen LogP) is 34.3. The Morgan fingerprint density at radius 2 is 0.433 bits per heavy atom. The normalized spacial score (nSPS) is 14.6. The van der Waals surface area contributed by atoms with Gasteiger partial charge in [0.2, 0.25) is 0 Å². The molecule has 4 aliphatic heterocycles. The maximum absolute atomic E-state index is 2.86. The summed E-state index contributed by atoms with van der Waals surface area (Å²) >= 11 is 0. The van der Waals surface area contributed by atoms with Crippen molar-refractivity contribution >= 4 is 114 Å².